The van der Waals surface area contributed by atoms with Gasteiger partial charge in [0.15, 0.2) is 0 Å². The van der Waals surface area contributed by atoms with E-state index in [2.05, 4.69) is 10.0 Å². The molecule has 6 heteroatoms. The standard InChI is InChI=1S/C13H21N3O2S/c1-15-19(17,18)12-7-5-11(6-8-12)16-9-10-3-2-4-13(10)14/h5-8,10,13,15-16H,2-4,9,14H2,1H3. The van der Waals surface area contributed by atoms with E-state index < -0.39 is 10.0 Å². The van der Waals surface area contributed by atoms with Crippen molar-refractivity contribution in [2.45, 2.75) is 30.2 Å². The monoisotopic (exact) mass is 283 g/mol. The number of benzene rings is 1. The highest BCUT2D eigenvalue weighted by molar-refractivity contribution is 7.89. The van der Waals surface area contributed by atoms with Crippen molar-refractivity contribution in [2.24, 2.45) is 11.7 Å². The van der Waals surface area contributed by atoms with Crippen molar-refractivity contribution >= 4 is 15.7 Å². The van der Waals surface area contributed by atoms with E-state index in [9.17, 15) is 8.42 Å². The van der Waals surface area contributed by atoms with Crippen LogP contribution in [0.2, 0.25) is 0 Å². The maximum atomic E-state index is 11.6. The summed E-state index contributed by atoms with van der Waals surface area (Å²) in [6, 6.07) is 7.05. The Bertz CT molecular complexity index is 513. The van der Waals surface area contributed by atoms with Gasteiger partial charge in [-0.25, -0.2) is 13.1 Å². The molecule has 0 spiro atoms. The van der Waals surface area contributed by atoms with Gasteiger partial charge in [0.05, 0.1) is 4.90 Å². The van der Waals surface area contributed by atoms with Gasteiger partial charge in [-0.05, 0) is 50.1 Å². The Morgan fingerprint density at radius 1 is 1.26 bits per heavy atom. The zero-order valence-electron chi connectivity index (χ0n) is 11.1. The van der Waals surface area contributed by atoms with Crippen LogP contribution < -0.4 is 15.8 Å². The van der Waals surface area contributed by atoms with Gasteiger partial charge in [-0.2, -0.15) is 0 Å². The van der Waals surface area contributed by atoms with Gasteiger partial charge in [-0.3, -0.25) is 0 Å². The highest BCUT2D eigenvalue weighted by Gasteiger charge is 2.23. The number of nitrogens with one attached hydrogen (secondary N) is 2. The molecule has 4 N–H and O–H groups in total. The fraction of sp³-hybridized carbons (Fsp3) is 0.538. The van der Waals surface area contributed by atoms with Crippen LogP contribution in [0, 0.1) is 5.92 Å². The topological polar surface area (TPSA) is 84.2 Å². The van der Waals surface area contributed by atoms with Crippen molar-refractivity contribution in [3.05, 3.63) is 24.3 Å². The summed E-state index contributed by atoms with van der Waals surface area (Å²) in [6.07, 6.45) is 3.47. The molecule has 1 aromatic carbocycles. The molecule has 1 saturated carbocycles. The van der Waals surface area contributed by atoms with Crippen LogP contribution in [0.5, 0.6) is 0 Å². The second-order valence-electron chi connectivity index (χ2n) is 4.97. The van der Waals surface area contributed by atoms with E-state index in [1.54, 1.807) is 24.3 Å². The summed E-state index contributed by atoms with van der Waals surface area (Å²) in [6.45, 7) is 0.847. The lowest BCUT2D eigenvalue weighted by molar-refractivity contribution is 0.505. The van der Waals surface area contributed by atoms with Crippen LogP contribution in [0.15, 0.2) is 29.2 Å². The maximum Gasteiger partial charge on any atom is 0.240 e. The van der Waals surface area contributed by atoms with Gasteiger partial charge < -0.3 is 11.1 Å². The van der Waals surface area contributed by atoms with Crippen molar-refractivity contribution in [2.75, 3.05) is 18.9 Å². The van der Waals surface area contributed by atoms with E-state index >= 15 is 0 Å². The smallest absolute Gasteiger partial charge is 0.240 e. The van der Waals surface area contributed by atoms with Gasteiger partial charge >= 0.3 is 0 Å². The Morgan fingerprint density at radius 3 is 2.47 bits per heavy atom. The molecule has 19 heavy (non-hydrogen) atoms. The molecule has 0 bridgehead atoms. The SMILES string of the molecule is CNS(=O)(=O)c1ccc(NCC2CCCC2N)cc1. The van der Waals surface area contributed by atoms with Crippen molar-refractivity contribution in [3.8, 4) is 0 Å². The fourth-order valence-electron chi connectivity index (χ4n) is 2.44. The Kier molecular flexibility index (Phi) is 4.44. The van der Waals surface area contributed by atoms with Gasteiger partial charge in [0.1, 0.15) is 0 Å². The molecular weight excluding hydrogens is 262 g/mol. The number of hydrogen-bond acceptors (Lipinski definition) is 4. The van der Waals surface area contributed by atoms with Crippen LogP contribution in [0.1, 0.15) is 19.3 Å². The first-order valence-electron chi connectivity index (χ1n) is 6.56. The number of sulfonamides is 1. The quantitative estimate of drug-likeness (QED) is 0.756. The Balaban J connectivity index is 1.96. The highest BCUT2D eigenvalue weighted by Crippen LogP contribution is 2.24. The van der Waals surface area contributed by atoms with Gasteiger partial charge in [-0.15, -0.1) is 0 Å². The lowest BCUT2D eigenvalue weighted by atomic mass is 10.0. The third-order valence-electron chi connectivity index (χ3n) is 3.72. The largest absolute Gasteiger partial charge is 0.385 e. The summed E-state index contributed by atoms with van der Waals surface area (Å²) in [4.78, 5) is 0.276. The van der Waals surface area contributed by atoms with Gasteiger partial charge in [0, 0.05) is 18.3 Å². The van der Waals surface area contributed by atoms with E-state index in [-0.39, 0.29) is 10.9 Å². The van der Waals surface area contributed by atoms with Crippen molar-refractivity contribution in [1.29, 1.82) is 0 Å². The molecule has 2 atom stereocenters. The Morgan fingerprint density at radius 2 is 1.95 bits per heavy atom. The predicted molar refractivity (Wildman–Crippen MR) is 76.5 cm³/mol. The number of rotatable bonds is 5. The zero-order chi connectivity index (χ0) is 13.9. The van der Waals surface area contributed by atoms with E-state index in [0.29, 0.717) is 5.92 Å². The average Bonchev–Trinajstić information content (AvgIpc) is 2.82. The van der Waals surface area contributed by atoms with E-state index in [4.69, 9.17) is 5.73 Å². The molecular formula is C13H21N3O2S. The minimum absolute atomic E-state index is 0.276. The normalized spacial score (nSPS) is 23.5. The second-order valence-corrected chi connectivity index (χ2v) is 6.85. The first-order chi connectivity index (χ1) is 9.03. The molecule has 0 radical (unpaired) electrons. The molecule has 2 rings (SSSR count). The molecule has 5 nitrogen and oxygen atoms in total. The molecule has 1 aliphatic carbocycles. The molecule has 2 unspecified atom stereocenters. The Labute approximate surface area is 114 Å². The summed E-state index contributed by atoms with van der Waals surface area (Å²) in [5, 5.41) is 3.32. The molecule has 0 aliphatic heterocycles. The van der Waals surface area contributed by atoms with Crippen LogP contribution in [-0.2, 0) is 10.0 Å². The second kappa shape index (κ2) is 5.90. The fourth-order valence-corrected chi connectivity index (χ4v) is 3.17. The average molecular weight is 283 g/mol. The van der Waals surface area contributed by atoms with Gasteiger partial charge in [-0.1, -0.05) is 6.42 Å². The zero-order valence-corrected chi connectivity index (χ0v) is 11.9. The summed E-state index contributed by atoms with van der Waals surface area (Å²) >= 11 is 0. The molecule has 0 aromatic heterocycles. The van der Waals surface area contributed by atoms with Crippen molar-refractivity contribution in [3.63, 3.8) is 0 Å². The lowest BCUT2D eigenvalue weighted by Gasteiger charge is -2.16. The minimum atomic E-state index is -3.35. The molecule has 1 aliphatic rings. The summed E-state index contributed by atoms with van der Waals surface area (Å²) in [5.41, 5.74) is 6.94. The molecule has 1 fully saturated rings. The van der Waals surface area contributed by atoms with Crippen LogP contribution in [0.3, 0.4) is 0 Å². The van der Waals surface area contributed by atoms with Crippen LogP contribution in [0.25, 0.3) is 0 Å². The van der Waals surface area contributed by atoms with E-state index in [1.165, 1.54) is 19.9 Å². The third-order valence-corrected chi connectivity index (χ3v) is 5.15. The summed E-state index contributed by atoms with van der Waals surface area (Å²) < 4.78 is 25.4. The number of anilines is 1. The third kappa shape index (κ3) is 3.46. The van der Waals surface area contributed by atoms with Crippen LogP contribution >= 0.6 is 0 Å². The lowest BCUT2D eigenvalue weighted by Crippen LogP contribution is -2.29. The number of hydrogen-bond donors (Lipinski definition) is 3. The molecule has 0 heterocycles. The summed E-state index contributed by atoms with van der Waals surface area (Å²) in [7, 11) is -1.95. The highest BCUT2D eigenvalue weighted by atomic mass is 32.2. The van der Waals surface area contributed by atoms with Crippen LogP contribution in [0.4, 0.5) is 5.69 Å². The first-order valence-corrected chi connectivity index (χ1v) is 8.04. The summed E-state index contributed by atoms with van der Waals surface area (Å²) in [5.74, 6) is 0.515. The van der Waals surface area contributed by atoms with Gasteiger partial charge in [0.2, 0.25) is 10.0 Å². The molecule has 0 amide bonds. The van der Waals surface area contributed by atoms with E-state index in [1.807, 2.05) is 0 Å². The predicted octanol–water partition coefficient (Wildman–Crippen LogP) is 1.13. The Hall–Kier alpha value is -1.11. The maximum absolute atomic E-state index is 11.6. The molecule has 0 saturated heterocycles. The van der Waals surface area contributed by atoms with Crippen molar-refractivity contribution < 1.29 is 8.42 Å². The minimum Gasteiger partial charge on any atom is -0.385 e. The molecule has 1 aromatic rings. The number of nitrogens with two attached hydrogens (primary N) is 1. The first kappa shape index (κ1) is 14.3. The van der Waals surface area contributed by atoms with Gasteiger partial charge in [0.25, 0.3) is 0 Å². The van der Waals surface area contributed by atoms with Crippen molar-refractivity contribution in [1.82, 2.24) is 4.72 Å². The van der Waals surface area contributed by atoms with Crippen LogP contribution in [-0.4, -0.2) is 28.1 Å². The van der Waals surface area contributed by atoms with E-state index in [0.717, 1.165) is 18.7 Å². The molecule has 106 valence electrons.